The van der Waals surface area contributed by atoms with Crippen LogP contribution in [0.4, 0.5) is 0 Å². The number of carboxylic acids is 1. The number of carbonyl (C=O) groups is 2. The predicted octanol–water partition coefficient (Wildman–Crippen LogP) is 6.08. The van der Waals surface area contributed by atoms with Crippen LogP contribution in [0.5, 0.6) is 11.5 Å². The van der Waals surface area contributed by atoms with Crippen molar-refractivity contribution in [1.29, 1.82) is 0 Å². The van der Waals surface area contributed by atoms with Crippen molar-refractivity contribution in [2.75, 3.05) is 13.2 Å². The Balaban J connectivity index is 1.16. The summed E-state index contributed by atoms with van der Waals surface area (Å²) in [6.45, 7) is 2.08. The molecule has 4 aromatic rings. The highest BCUT2D eigenvalue weighted by atomic mass is 16.5. The van der Waals surface area contributed by atoms with Crippen molar-refractivity contribution in [1.82, 2.24) is 4.90 Å². The average Bonchev–Trinajstić information content (AvgIpc) is 3.36. The van der Waals surface area contributed by atoms with Gasteiger partial charge in [-0.25, -0.2) is 0 Å². The third kappa shape index (κ3) is 5.23. The lowest BCUT2D eigenvalue weighted by molar-refractivity contribution is -0.137. The topological polar surface area (TPSA) is 76.1 Å². The maximum absolute atomic E-state index is 13.0. The molecule has 2 aliphatic rings. The fourth-order valence-electron chi connectivity index (χ4n) is 5.54. The van der Waals surface area contributed by atoms with Gasteiger partial charge in [-0.15, -0.1) is 0 Å². The summed E-state index contributed by atoms with van der Waals surface area (Å²) in [5.41, 5.74) is 7.49. The molecule has 0 radical (unpaired) electrons. The minimum absolute atomic E-state index is 0.0601. The summed E-state index contributed by atoms with van der Waals surface area (Å²) in [7, 11) is 0. The number of carbonyl (C=O) groups excluding carboxylic acids is 1. The van der Waals surface area contributed by atoms with Gasteiger partial charge in [0.25, 0.3) is 5.91 Å². The number of ether oxygens (including phenoxy) is 2. The molecule has 6 heteroatoms. The first kappa shape index (κ1) is 24.7. The molecule has 1 amide bonds. The lowest BCUT2D eigenvalue weighted by atomic mass is 9.90. The van der Waals surface area contributed by atoms with E-state index < -0.39 is 5.97 Å². The van der Waals surface area contributed by atoms with E-state index in [1.165, 1.54) is 16.7 Å². The third-order valence-electron chi connectivity index (χ3n) is 7.50. The van der Waals surface area contributed by atoms with Gasteiger partial charge >= 0.3 is 5.97 Å². The summed E-state index contributed by atoms with van der Waals surface area (Å²) in [5, 5.41) is 9.12. The van der Waals surface area contributed by atoms with E-state index in [1.807, 2.05) is 65.6 Å². The van der Waals surface area contributed by atoms with E-state index >= 15 is 0 Å². The molecule has 0 spiro atoms. The zero-order valence-electron chi connectivity index (χ0n) is 21.5. The smallest absolute Gasteiger partial charge is 0.304 e. The Bertz CT molecular complexity index is 1530. The standard InChI is InChI=1S/C33H29NO5/c35-32(36)17-26-21-39-31-18-27(12-13-30(26)31)38-20-22-6-4-9-24(16-22)28-11-5-10-25-19-34(15-14-29(25)28)33(37)23-7-2-1-3-8-23/h1-13,16,18,26H,14-15,17,19-21H2,(H,35,36)/t26-/m1/s1. The van der Waals surface area contributed by atoms with Crippen molar-refractivity contribution >= 4 is 11.9 Å². The highest BCUT2D eigenvalue weighted by Crippen LogP contribution is 2.38. The van der Waals surface area contributed by atoms with Crippen LogP contribution in [0.3, 0.4) is 0 Å². The first-order valence-corrected chi connectivity index (χ1v) is 13.2. The van der Waals surface area contributed by atoms with Gasteiger partial charge in [0, 0.05) is 36.2 Å². The van der Waals surface area contributed by atoms with Crippen LogP contribution < -0.4 is 9.47 Å². The third-order valence-corrected chi connectivity index (χ3v) is 7.50. The zero-order valence-corrected chi connectivity index (χ0v) is 21.5. The summed E-state index contributed by atoms with van der Waals surface area (Å²) >= 11 is 0. The number of fused-ring (bicyclic) bond motifs is 2. The normalized spacial score (nSPS) is 15.7. The molecular weight excluding hydrogens is 490 g/mol. The Hall–Kier alpha value is -4.58. The number of nitrogens with zero attached hydrogens (tertiary/aromatic N) is 1. The Morgan fingerprint density at radius 3 is 2.64 bits per heavy atom. The van der Waals surface area contributed by atoms with Gasteiger partial charge in [-0.3, -0.25) is 9.59 Å². The van der Waals surface area contributed by atoms with Gasteiger partial charge in [0.1, 0.15) is 18.1 Å². The van der Waals surface area contributed by atoms with Gasteiger partial charge in [-0.1, -0.05) is 60.7 Å². The fourth-order valence-corrected chi connectivity index (χ4v) is 5.54. The van der Waals surface area contributed by atoms with Crippen molar-refractivity contribution in [3.8, 4) is 22.6 Å². The van der Waals surface area contributed by atoms with Crippen LogP contribution in [0.25, 0.3) is 11.1 Å². The second-order valence-electron chi connectivity index (χ2n) is 10.1. The molecule has 0 aromatic heterocycles. The fraction of sp³-hybridized carbons (Fsp3) is 0.212. The number of hydrogen-bond donors (Lipinski definition) is 1. The zero-order chi connectivity index (χ0) is 26.8. The number of aliphatic carboxylic acids is 1. The molecule has 0 bridgehead atoms. The molecule has 0 aliphatic carbocycles. The van der Waals surface area contributed by atoms with Crippen LogP contribution in [0.15, 0.2) is 91.0 Å². The van der Waals surface area contributed by atoms with E-state index in [1.54, 1.807) is 0 Å². The summed E-state index contributed by atoms with van der Waals surface area (Å²) in [6.07, 6.45) is 0.868. The molecule has 2 heterocycles. The van der Waals surface area contributed by atoms with E-state index in [-0.39, 0.29) is 18.2 Å². The molecule has 1 N–H and O–H groups in total. The number of hydrogen-bond acceptors (Lipinski definition) is 4. The van der Waals surface area contributed by atoms with Gasteiger partial charge in [-0.05, 0) is 58.5 Å². The first-order chi connectivity index (χ1) is 19.0. The highest BCUT2D eigenvalue weighted by molar-refractivity contribution is 5.94. The lowest BCUT2D eigenvalue weighted by Gasteiger charge is -2.30. The van der Waals surface area contributed by atoms with E-state index in [4.69, 9.17) is 14.6 Å². The Morgan fingerprint density at radius 1 is 0.949 bits per heavy atom. The molecule has 4 aromatic carbocycles. The van der Waals surface area contributed by atoms with Crippen LogP contribution in [0.2, 0.25) is 0 Å². The Morgan fingerprint density at radius 2 is 1.79 bits per heavy atom. The molecule has 0 saturated heterocycles. The van der Waals surface area contributed by atoms with Crippen LogP contribution in [0, 0.1) is 0 Å². The van der Waals surface area contributed by atoms with Gasteiger partial charge in [0.2, 0.25) is 0 Å². The molecule has 0 unspecified atom stereocenters. The Kier molecular flexibility index (Phi) is 6.76. The molecule has 39 heavy (non-hydrogen) atoms. The maximum atomic E-state index is 13.0. The number of carboxylic acid groups (broad SMARTS) is 1. The largest absolute Gasteiger partial charge is 0.492 e. The SMILES string of the molecule is O=C(O)C[C@@H]1COc2cc(OCc3cccc(-c4cccc5c4CCN(C(=O)c4ccccc4)C5)c3)ccc21. The van der Waals surface area contributed by atoms with Gasteiger partial charge in [0.15, 0.2) is 0 Å². The summed E-state index contributed by atoms with van der Waals surface area (Å²) < 4.78 is 11.8. The summed E-state index contributed by atoms with van der Waals surface area (Å²) in [4.78, 5) is 26.0. The molecule has 196 valence electrons. The average molecular weight is 520 g/mol. The molecule has 1 atom stereocenters. The van der Waals surface area contributed by atoms with Crippen molar-refractivity contribution in [3.05, 3.63) is 119 Å². The quantitative estimate of drug-likeness (QED) is 0.320. The minimum Gasteiger partial charge on any atom is -0.492 e. The first-order valence-electron chi connectivity index (χ1n) is 13.2. The van der Waals surface area contributed by atoms with Crippen molar-refractivity contribution in [3.63, 3.8) is 0 Å². The van der Waals surface area contributed by atoms with Crippen LogP contribution >= 0.6 is 0 Å². The highest BCUT2D eigenvalue weighted by Gasteiger charge is 2.27. The van der Waals surface area contributed by atoms with E-state index in [0.717, 1.165) is 28.7 Å². The number of amides is 1. The van der Waals surface area contributed by atoms with Gasteiger partial charge in [0.05, 0.1) is 13.0 Å². The molecular formula is C33H29NO5. The van der Waals surface area contributed by atoms with Crippen molar-refractivity contribution in [2.45, 2.75) is 31.9 Å². The monoisotopic (exact) mass is 519 g/mol. The van der Waals surface area contributed by atoms with Crippen molar-refractivity contribution in [2.24, 2.45) is 0 Å². The van der Waals surface area contributed by atoms with E-state index in [2.05, 4.69) is 30.3 Å². The van der Waals surface area contributed by atoms with Crippen LogP contribution in [-0.2, 0) is 24.4 Å². The second kappa shape index (κ2) is 10.7. The predicted molar refractivity (Wildman–Crippen MR) is 148 cm³/mol. The maximum Gasteiger partial charge on any atom is 0.304 e. The minimum atomic E-state index is -0.825. The van der Waals surface area contributed by atoms with Gasteiger partial charge < -0.3 is 19.5 Å². The second-order valence-corrected chi connectivity index (χ2v) is 10.1. The molecule has 6 nitrogen and oxygen atoms in total. The van der Waals surface area contributed by atoms with Crippen molar-refractivity contribution < 1.29 is 24.2 Å². The molecule has 0 saturated carbocycles. The van der Waals surface area contributed by atoms with Crippen LogP contribution in [0.1, 0.15) is 45.0 Å². The Labute approximate surface area is 227 Å². The molecule has 2 aliphatic heterocycles. The number of rotatable bonds is 7. The number of benzene rings is 4. The van der Waals surface area contributed by atoms with E-state index in [9.17, 15) is 9.59 Å². The molecule has 0 fully saturated rings. The lowest BCUT2D eigenvalue weighted by Crippen LogP contribution is -2.36. The van der Waals surface area contributed by atoms with Crippen LogP contribution in [-0.4, -0.2) is 35.0 Å². The molecule has 6 rings (SSSR count). The van der Waals surface area contributed by atoms with E-state index in [0.29, 0.717) is 37.8 Å². The summed E-state index contributed by atoms with van der Waals surface area (Å²) in [6, 6.07) is 29.8. The van der Waals surface area contributed by atoms with Gasteiger partial charge in [-0.2, -0.15) is 0 Å². The summed E-state index contributed by atoms with van der Waals surface area (Å²) in [5.74, 6) is 0.511.